The Morgan fingerprint density at radius 3 is 2.09 bits per heavy atom. The fourth-order valence-electron chi connectivity index (χ4n) is 2.85. The lowest BCUT2D eigenvalue weighted by Gasteiger charge is -2.26. The highest BCUT2D eigenvalue weighted by Gasteiger charge is 2.21. The highest BCUT2D eigenvalue weighted by Crippen LogP contribution is 2.34. The number of ether oxygens (including phenoxy) is 3. The second kappa shape index (κ2) is 8.03. The predicted molar refractivity (Wildman–Crippen MR) is 85.3 cm³/mol. The summed E-state index contributed by atoms with van der Waals surface area (Å²) in [5, 5.41) is 0. The summed E-state index contributed by atoms with van der Waals surface area (Å²) < 4.78 is 15.9. The third-order valence-corrected chi connectivity index (χ3v) is 4.10. The summed E-state index contributed by atoms with van der Waals surface area (Å²) in [6.45, 7) is 2.96. The molecule has 1 aromatic rings. The molecule has 0 N–H and O–H groups in total. The van der Waals surface area contributed by atoms with Gasteiger partial charge in [-0.2, -0.15) is 0 Å². The van der Waals surface area contributed by atoms with E-state index in [1.165, 1.54) is 19.3 Å². The molecule has 0 spiro atoms. The van der Waals surface area contributed by atoms with Gasteiger partial charge in [-0.25, -0.2) is 0 Å². The summed E-state index contributed by atoms with van der Waals surface area (Å²) in [6.07, 6.45) is 4.22. The highest BCUT2D eigenvalue weighted by molar-refractivity contribution is 6.01. The molecule has 5 nitrogen and oxygen atoms in total. The smallest absolute Gasteiger partial charge is 0.171 e. The van der Waals surface area contributed by atoms with Crippen LogP contribution in [0.2, 0.25) is 0 Å². The number of carbonyl (C=O) groups is 1. The molecular weight excluding hydrogens is 282 g/mol. The minimum atomic E-state index is 0.0435. The number of piperidine rings is 1. The number of hydrogen-bond donors (Lipinski definition) is 0. The maximum Gasteiger partial charge on any atom is 0.171 e. The summed E-state index contributed by atoms with van der Waals surface area (Å²) in [4.78, 5) is 15.0. The molecule has 22 heavy (non-hydrogen) atoms. The van der Waals surface area contributed by atoms with Crippen LogP contribution in [0.1, 0.15) is 36.0 Å². The Bertz CT molecular complexity index is 484. The van der Waals surface area contributed by atoms with Gasteiger partial charge >= 0.3 is 0 Å². The fraction of sp³-hybridized carbons (Fsp3) is 0.588. The number of hydrogen-bond acceptors (Lipinski definition) is 5. The number of ketones is 1. The topological polar surface area (TPSA) is 48.0 Å². The summed E-state index contributed by atoms with van der Waals surface area (Å²) >= 11 is 0. The number of benzene rings is 1. The van der Waals surface area contributed by atoms with Gasteiger partial charge in [-0.3, -0.25) is 4.79 Å². The molecule has 0 aromatic heterocycles. The predicted octanol–water partition coefficient (Wildman–Crippen LogP) is 2.77. The Morgan fingerprint density at radius 2 is 1.59 bits per heavy atom. The van der Waals surface area contributed by atoms with Gasteiger partial charge in [-0.1, -0.05) is 6.42 Å². The second-order valence-electron chi connectivity index (χ2n) is 5.48. The number of carbonyl (C=O) groups excluding carboxylic acids is 1. The standard InChI is InChI=1S/C17H25NO4/c1-20-13-11-15(21-2)17(16(12-13)22-3)14(19)7-10-18-8-5-4-6-9-18/h11-12H,4-10H2,1-3H3. The number of methoxy groups -OCH3 is 3. The Kier molecular flexibility index (Phi) is 6.07. The van der Waals surface area contributed by atoms with Crippen molar-refractivity contribution in [2.75, 3.05) is 41.0 Å². The average Bonchev–Trinajstić information content (AvgIpc) is 2.59. The molecule has 0 saturated carbocycles. The number of nitrogens with zero attached hydrogens (tertiary/aromatic N) is 1. The lowest BCUT2D eigenvalue weighted by molar-refractivity contribution is 0.0952. The fourth-order valence-corrected chi connectivity index (χ4v) is 2.85. The maximum atomic E-state index is 12.6. The molecule has 0 radical (unpaired) electrons. The molecule has 1 aliphatic heterocycles. The Morgan fingerprint density at radius 1 is 1.00 bits per heavy atom. The van der Waals surface area contributed by atoms with Gasteiger partial charge in [0.05, 0.1) is 21.3 Å². The quantitative estimate of drug-likeness (QED) is 0.725. The molecule has 0 unspecified atom stereocenters. The van der Waals surface area contributed by atoms with Gasteiger partial charge in [0.15, 0.2) is 5.78 Å². The SMILES string of the molecule is COc1cc(OC)c(C(=O)CCN2CCCCC2)c(OC)c1. The first kappa shape index (κ1) is 16.6. The number of likely N-dealkylation sites (tertiary alicyclic amines) is 1. The normalized spacial score (nSPS) is 15.4. The van der Waals surface area contributed by atoms with Crippen LogP contribution >= 0.6 is 0 Å². The summed E-state index contributed by atoms with van der Waals surface area (Å²) in [5.41, 5.74) is 0.503. The summed E-state index contributed by atoms with van der Waals surface area (Å²) in [6, 6.07) is 3.44. The lowest BCUT2D eigenvalue weighted by atomic mass is 10.0. The number of Topliss-reactive ketones (excluding diaryl/α,β-unsaturated/α-hetero) is 1. The number of rotatable bonds is 7. The molecule has 0 aliphatic carbocycles. The van der Waals surface area contributed by atoms with Crippen molar-refractivity contribution < 1.29 is 19.0 Å². The van der Waals surface area contributed by atoms with E-state index >= 15 is 0 Å². The van der Waals surface area contributed by atoms with Crippen LogP contribution in [0.3, 0.4) is 0 Å². The van der Waals surface area contributed by atoms with Gasteiger partial charge in [-0.15, -0.1) is 0 Å². The minimum Gasteiger partial charge on any atom is -0.496 e. The van der Waals surface area contributed by atoms with Crippen LogP contribution in [0, 0.1) is 0 Å². The maximum absolute atomic E-state index is 12.6. The van der Waals surface area contributed by atoms with Crippen molar-refractivity contribution in [3.63, 3.8) is 0 Å². The first-order chi connectivity index (χ1) is 10.7. The average molecular weight is 307 g/mol. The van der Waals surface area contributed by atoms with Crippen molar-refractivity contribution in [3.8, 4) is 17.2 Å². The Hall–Kier alpha value is -1.75. The zero-order valence-corrected chi connectivity index (χ0v) is 13.7. The summed E-state index contributed by atoms with van der Waals surface area (Å²) in [7, 11) is 4.68. The molecule has 122 valence electrons. The van der Waals surface area contributed by atoms with Crippen LogP contribution in [0.15, 0.2) is 12.1 Å². The van der Waals surface area contributed by atoms with Crippen molar-refractivity contribution in [2.45, 2.75) is 25.7 Å². The van der Waals surface area contributed by atoms with Crippen molar-refractivity contribution in [2.24, 2.45) is 0 Å². The van der Waals surface area contributed by atoms with E-state index in [-0.39, 0.29) is 5.78 Å². The molecule has 1 aromatic carbocycles. The zero-order chi connectivity index (χ0) is 15.9. The van der Waals surface area contributed by atoms with Crippen molar-refractivity contribution in [1.29, 1.82) is 0 Å². The van der Waals surface area contributed by atoms with E-state index in [1.807, 2.05) is 0 Å². The molecule has 1 heterocycles. The van der Waals surface area contributed by atoms with E-state index in [0.717, 1.165) is 19.6 Å². The van der Waals surface area contributed by atoms with Crippen molar-refractivity contribution in [1.82, 2.24) is 4.90 Å². The van der Waals surface area contributed by atoms with Crippen LogP contribution in [0.5, 0.6) is 17.2 Å². The highest BCUT2D eigenvalue weighted by atomic mass is 16.5. The zero-order valence-electron chi connectivity index (χ0n) is 13.7. The second-order valence-corrected chi connectivity index (χ2v) is 5.48. The lowest BCUT2D eigenvalue weighted by Crippen LogP contribution is -2.31. The molecule has 1 saturated heterocycles. The molecule has 0 atom stereocenters. The Balaban J connectivity index is 2.13. The molecule has 2 rings (SSSR count). The molecular formula is C17H25NO4. The molecule has 0 amide bonds. The van der Waals surface area contributed by atoms with Gasteiger partial charge in [-0.05, 0) is 25.9 Å². The van der Waals surface area contributed by atoms with Crippen LogP contribution in [-0.4, -0.2) is 51.6 Å². The monoisotopic (exact) mass is 307 g/mol. The minimum absolute atomic E-state index is 0.0435. The van der Waals surface area contributed by atoms with E-state index in [2.05, 4.69) is 4.90 Å². The summed E-state index contributed by atoms with van der Waals surface area (Å²) in [5.74, 6) is 1.66. The Labute approximate surface area is 132 Å². The molecule has 1 aliphatic rings. The van der Waals surface area contributed by atoms with E-state index in [1.54, 1.807) is 33.5 Å². The van der Waals surface area contributed by atoms with Gasteiger partial charge in [0.25, 0.3) is 0 Å². The van der Waals surface area contributed by atoms with Gasteiger partial charge in [0.2, 0.25) is 0 Å². The largest absolute Gasteiger partial charge is 0.496 e. The van der Waals surface area contributed by atoms with E-state index in [0.29, 0.717) is 29.2 Å². The van der Waals surface area contributed by atoms with E-state index in [4.69, 9.17) is 14.2 Å². The van der Waals surface area contributed by atoms with Crippen molar-refractivity contribution >= 4 is 5.78 Å². The first-order valence-corrected chi connectivity index (χ1v) is 7.75. The molecule has 1 fully saturated rings. The first-order valence-electron chi connectivity index (χ1n) is 7.75. The third kappa shape index (κ3) is 3.91. The van der Waals surface area contributed by atoms with Crippen molar-refractivity contribution in [3.05, 3.63) is 17.7 Å². The third-order valence-electron chi connectivity index (χ3n) is 4.10. The van der Waals surface area contributed by atoms with E-state index < -0.39 is 0 Å². The van der Waals surface area contributed by atoms with Crippen LogP contribution < -0.4 is 14.2 Å². The van der Waals surface area contributed by atoms with Crippen LogP contribution in [0.4, 0.5) is 0 Å². The molecule has 5 heteroatoms. The van der Waals surface area contributed by atoms with Crippen LogP contribution in [-0.2, 0) is 0 Å². The molecule has 0 bridgehead atoms. The van der Waals surface area contributed by atoms with Gasteiger partial charge in [0.1, 0.15) is 22.8 Å². The van der Waals surface area contributed by atoms with Crippen LogP contribution in [0.25, 0.3) is 0 Å². The van der Waals surface area contributed by atoms with Gasteiger partial charge < -0.3 is 19.1 Å². The van der Waals surface area contributed by atoms with Gasteiger partial charge in [0, 0.05) is 25.1 Å². The van der Waals surface area contributed by atoms with E-state index in [9.17, 15) is 4.79 Å².